The highest BCUT2D eigenvalue weighted by Crippen LogP contribution is 2.42. The number of hydrogen-bond donors (Lipinski definition) is 3. The molecule has 3 aromatic carbocycles. The van der Waals surface area contributed by atoms with Gasteiger partial charge in [0, 0.05) is 5.56 Å². The number of carbonyl (C=O) groups is 2. The van der Waals surface area contributed by atoms with Gasteiger partial charge in [0.15, 0.2) is 0 Å². The summed E-state index contributed by atoms with van der Waals surface area (Å²) in [7, 11) is 0. The summed E-state index contributed by atoms with van der Waals surface area (Å²) in [5.41, 5.74) is 0.748. The Kier molecular flexibility index (Phi) is 5.52. The van der Waals surface area contributed by atoms with Crippen LogP contribution in [0.25, 0.3) is 0 Å². The van der Waals surface area contributed by atoms with E-state index in [9.17, 15) is 14.7 Å². The number of anilines is 2. The minimum atomic E-state index is -2.30. The lowest BCUT2D eigenvalue weighted by molar-refractivity contribution is -0.141. The molecule has 0 aromatic heterocycles. The van der Waals surface area contributed by atoms with E-state index in [2.05, 4.69) is 10.6 Å². The SMILES string of the molecule is O=C1Nc2ccccc2C(O)(C(=O)NC2CCCc3ccccc32)N1c1ccc(Cl)c(Cl)c1. The first-order chi connectivity index (χ1) is 15.9. The van der Waals surface area contributed by atoms with Gasteiger partial charge in [-0.05, 0) is 54.7 Å². The fraction of sp³-hybridized carbons (Fsp3) is 0.200. The van der Waals surface area contributed by atoms with E-state index in [0.717, 1.165) is 29.7 Å². The van der Waals surface area contributed by atoms with Crippen LogP contribution in [-0.2, 0) is 16.9 Å². The molecule has 0 radical (unpaired) electrons. The average Bonchev–Trinajstić information content (AvgIpc) is 2.81. The maximum Gasteiger partial charge on any atom is 0.329 e. The third kappa shape index (κ3) is 3.64. The van der Waals surface area contributed by atoms with Crippen LogP contribution < -0.4 is 15.5 Å². The number of fused-ring (bicyclic) bond motifs is 2. The van der Waals surface area contributed by atoms with Crippen LogP contribution in [0.4, 0.5) is 16.2 Å². The molecule has 1 aliphatic heterocycles. The molecule has 3 aromatic rings. The molecule has 0 saturated heterocycles. The number of hydrogen-bond acceptors (Lipinski definition) is 3. The Morgan fingerprint density at radius 2 is 1.82 bits per heavy atom. The summed E-state index contributed by atoms with van der Waals surface area (Å²) in [5, 5.41) is 18.2. The van der Waals surface area contributed by atoms with E-state index in [4.69, 9.17) is 23.2 Å². The first-order valence-corrected chi connectivity index (χ1v) is 11.4. The monoisotopic (exact) mass is 481 g/mol. The van der Waals surface area contributed by atoms with Gasteiger partial charge in [-0.25, -0.2) is 4.79 Å². The fourth-order valence-electron chi connectivity index (χ4n) is 4.65. The Balaban J connectivity index is 1.60. The Morgan fingerprint density at radius 3 is 2.64 bits per heavy atom. The molecule has 8 heteroatoms. The number of nitrogens with zero attached hydrogens (tertiary/aromatic N) is 1. The summed E-state index contributed by atoms with van der Waals surface area (Å²) in [6.07, 6.45) is 2.58. The fourth-order valence-corrected chi connectivity index (χ4v) is 4.94. The maximum absolute atomic E-state index is 13.8. The van der Waals surface area contributed by atoms with Gasteiger partial charge in [0.25, 0.3) is 11.6 Å². The van der Waals surface area contributed by atoms with Crippen molar-refractivity contribution in [2.75, 3.05) is 10.2 Å². The van der Waals surface area contributed by atoms with Crippen LogP contribution in [0.2, 0.25) is 10.0 Å². The zero-order valence-corrected chi connectivity index (χ0v) is 19.0. The van der Waals surface area contributed by atoms with Crippen LogP contribution >= 0.6 is 23.2 Å². The third-order valence-corrected chi connectivity index (χ3v) is 6.96. The van der Waals surface area contributed by atoms with Gasteiger partial charge in [-0.3, -0.25) is 9.69 Å². The number of para-hydroxylation sites is 1. The lowest BCUT2D eigenvalue weighted by Crippen LogP contribution is -2.63. The lowest BCUT2D eigenvalue weighted by Gasteiger charge is -2.43. The normalized spacial score (nSPS) is 21.6. The van der Waals surface area contributed by atoms with E-state index in [1.165, 1.54) is 23.8 Å². The summed E-state index contributed by atoms with van der Waals surface area (Å²) < 4.78 is 0. The summed E-state index contributed by atoms with van der Waals surface area (Å²) in [4.78, 5) is 28.0. The van der Waals surface area contributed by atoms with E-state index >= 15 is 0 Å². The second kappa shape index (κ2) is 8.37. The standard InChI is InChI=1S/C25H21Cl2N3O3/c26-19-13-12-16(14-20(19)27)30-24(32)29-22-10-4-3-9-18(22)25(30,33)23(31)28-21-11-5-7-15-6-1-2-8-17(15)21/h1-4,6,8-10,12-14,21,33H,5,7,11H2,(H,28,31)(H,29,32). The molecule has 1 heterocycles. The number of carbonyl (C=O) groups excluding carboxylic acids is 2. The highest BCUT2D eigenvalue weighted by atomic mass is 35.5. The van der Waals surface area contributed by atoms with Crippen molar-refractivity contribution in [3.8, 4) is 0 Å². The smallest absolute Gasteiger partial charge is 0.329 e. The Bertz CT molecular complexity index is 1270. The van der Waals surface area contributed by atoms with Crippen molar-refractivity contribution in [3.63, 3.8) is 0 Å². The van der Waals surface area contributed by atoms with Crippen molar-refractivity contribution in [2.45, 2.75) is 31.0 Å². The van der Waals surface area contributed by atoms with Gasteiger partial charge in [0.05, 0.1) is 27.5 Å². The van der Waals surface area contributed by atoms with Gasteiger partial charge in [-0.1, -0.05) is 65.7 Å². The highest BCUT2D eigenvalue weighted by molar-refractivity contribution is 6.42. The molecule has 5 rings (SSSR count). The van der Waals surface area contributed by atoms with Gasteiger partial charge in [0.2, 0.25) is 0 Å². The van der Waals surface area contributed by atoms with Crippen LogP contribution in [0, 0.1) is 0 Å². The van der Waals surface area contributed by atoms with Crippen molar-refractivity contribution < 1.29 is 14.7 Å². The number of urea groups is 1. The first-order valence-electron chi connectivity index (χ1n) is 10.7. The van der Waals surface area contributed by atoms with E-state index in [1.807, 2.05) is 24.3 Å². The summed E-state index contributed by atoms with van der Waals surface area (Å²) in [5.74, 6) is -0.697. The van der Waals surface area contributed by atoms with Gasteiger partial charge >= 0.3 is 6.03 Å². The number of rotatable bonds is 3. The summed E-state index contributed by atoms with van der Waals surface area (Å²) >= 11 is 12.2. The number of halogens is 2. The highest BCUT2D eigenvalue weighted by Gasteiger charge is 2.52. The summed E-state index contributed by atoms with van der Waals surface area (Å²) in [6.45, 7) is 0. The van der Waals surface area contributed by atoms with Crippen molar-refractivity contribution >= 4 is 46.5 Å². The topological polar surface area (TPSA) is 81.7 Å². The zero-order chi connectivity index (χ0) is 23.2. The Hall–Kier alpha value is -3.06. The lowest BCUT2D eigenvalue weighted by atomic mass is 9.87. The van der Waals surface area contributed by atoms with Crippen LogP contribution in [0.1, 0.15) is 35.6 Å². The number of amides is 3. The van der Waals surface area contributed by atoms with Crippen LogP contribution in [0.15, 0.2) is 66.7 Å². The van der Waals surface area contributed by atoms with Crippen molar-refractivity contribution in [2.24, 2.45) is 0 Å². The van der Waals surface area contributed by atoms with Crippen LogP contribution in [0.5, 0.6) is 0 Å². The number of benzene rings is 3. The van der Waals surface area contributed by atoms with Gasteiger partial charge in [-0.15, -0.1) is 0 Å². The molecule has 1 aliphatic carbocycles. The van der Waals surface area contributed by atoms with E-state index in [1.54, 1.807) is 24.3 Å². The molecule has 33 heavy (non-hydrogen) atoms. The van der Waals surface area contributed by atoms with Crippen molar-refractivity contribution in [1.82, 2.24) is 5.32 Å². The van der Waals surface area contributed by atoms with E-state index in [-0.39, 0.29) is 22.3 Å². The molecule has 2 aliphatic rings. The van der Waals surface area contributed by atoms with E-state index < -0.39 is 17.7 Å². The molecule has 3 N–H and O–H groups in total. The second-order valence-electron chi connectivity index (χ2n) is 8.20. The third-order valence-electron chi connectivity index (χ3n) is 6.22. The number of nitrogens with one attached hydrogen (secondary N) is 2. The zero-order valence-electron chi connectivity index (χ0n) is 17.5. The molecule has 2 unspecified atom stereocenters. The summed E-state index contributed by atoms with van der Waals surface area (Å²) in [6, 6.07) is 18.2. The van der Waals surface area contributed by atoms with Gasteiger partial charge in [0.1, 0.15) is 0 Å². The van der Waals surface area contributed by atoms with Crippen LogP contribution in [-0.4, -0.2) is 17.0 Å². The minimum Gasteiger partial charge on any atom is -0.359 e. The molecule has 0 fully saturated rings. The molecule has 2 atom stereocenters. The molecule has 3 amide bonds. The maximum atomic E-state index is 13.8. The number of aryl methyl sites for hydroxylation is 1. The molecular formula is C25H21Cl2N3O3. The van der Waals surface area contributed by atoms with Gasteiger partial charge in [-0.2, -0.15) is 0 Å². The minimum absolute atomic E-state index is 0.199. The van der Waals surface area contributed by atoms with E-state index in [0.29, 0.717) is 10.7 Å². The Labute approximate surface area is 201 Å². The number of aliphatic hydroxyl groups is 1. The molecule has 6 nitrogen and oxygen atoms in total. The largest absolute Gasteiger partial charge is 0.359 e. The second-order valence-corrected chi connectivity index (χ2v) is 9.01. The molecular weight excluding hydrogens is 461 g/mol. The predicted molar refractivity (Wildman–Crippen MR) is 129 cm³/mol. The first kappa shape index (κ1) is 21.8. The predicted octanol–water partition coefficient (Wildman–Crippen LogP) is 5.38. The molecule has 0 bridgehead atoms. The van der Waals surface area contributed by atoms with Crippen molar-refractivity contribution in [1.29, 1.82) is 0 Å². The molecule has 0 spiro atoms. The molecule has 0 saturated carbocycles. The van der Waals surface area contributed by atoms with Crippen molar-refractivity contribution in [3.05, 3.63) is 93.5 Å². The Morgan fingerprint density at radius 1 is 1.06 bits per heavy atom. The van der Waals surface area contributed by atoms with Crippen LogP contribution in [0.3, 0.4) is 0 Å². The quantitative estimate of drug-likeness (QED) is 0.469. The molecule has 168 valence electrons. The van der Waals surface area contributed by atoms with Gasteiger partial charge < -0.3 is 15.7 Å². The average molecular weight is 482 g/mol.